The average molecular weight is 997 g/mol. The van der Waals surface area contributed by atoms with E-state index >= 15 is 0 Å². The van der Waals surface area contributed by atoms with E-state index in [1.165, 1.54) is 94.2 Å². The van der Waals surface area contributed by atoms with Crippen molar-refractivity contribution in [3.05, 3.63) is 89.5 Å². The molecule has 2 heterocycles. The number of aromatic hydroxyl groups is 3. The minimum atomic E-state index is -2.77. The molecule has 0 saturated carbocycles. The summed E-state index contributed by atoms with van der Waals surface area (Å²) in [6, 6.07) is 12.5. The van der Waals surface area contributed by atoms with Gasteiger partial charge in [-0.1, -0.05) is 18.2 Å². The van der Waals surface area contributed by atoms with Crippen molar-refractivity contribution in [1.29, 1.82) is 0 Å². The molecule has 23 nitrogen and oxygen atoms in total. The Bertz CT molecular complexity index is 2500. The molecule has 2 aliphatic heterocycles. The maximum atomic E-state index is 13.7. The van der Waals surface area contributed by atoms with Crippen LogP contribution in [-0.4, -0.2) is 157 Å². The van der Waals surface area contributed by atoms with Gasteiger partial charge in [-0.2, -0.15) is 0 Å². The van der Waals surface area contributed by atoms with Crippen molar-refractivity contribution < 1.29 is 111 Å². The number of esters is 6. The van der Waals surface area contributed by atoms with Gasteiger partial charge in [0.1, 0.15) is 44.2 Å². The van der Waals surface area contributed by atoms with E-state index in [-0.39, 0.29) is 34.5 Å². The summed E-state index contributed by atoms with van der Waals surface area (Å²) in [7, 11) is 3.94. The molecule has 5 N–H and O–H groups in total. The summed E-state index contributed by atoms with van der Waals surface area (Å²) in [6.07, 6.45) is -8.48. The molecule has 5 rings (SSSR count). The van der Waals surface area contributed by atoms with Crippen LogP contribution in [0.3, 0.4) is 0 Å². The highest BCUT2D eigenvalue weighted by atomic mass is 16.8. The zero-order valence-corrected chi connectivity index (χ0v) is 39.0. The quantitative estimate of drug-likeness (QED) is 0.0616. The second-order valence-electron chi connectivity index (χ2n) is 15.4. The van der Waals surface area contributed by atoms with E-state index < -0.39 is 110 Å². The molecule has 0 bridgehead atoms. The smallest absolute Gasteiger partial charge is 0.331 e. The Hall–Kier alpha value is -7.70. The summed E-state index contributed by atoms with van der Waals surface area (Å²) in [5, 5.41) is 53.6. The summed E-state index contributed by atoms with van der Waals surface area (Å²) < 4.78 is 66.5. The molecule has 2 aliphatic rings. The van der Waals surface area contributed by atoms with Gasteiger partial charge >= 0.3 is 35.8 Å². The second-order valence-corrected chi connectivity index (χ2v) is 15.4. The summed E-state index contributed by atoms with van der Waals surface area (Å²) in [6.45, 7) is 0.383. The summed E-state index contributed by atoms with van der Waals surface area (Å²) in [5.41, 5.74) is 1.09. The van der Waals surface area contributed by atoms with Crippen molar-refractivity contribution in [3.8, 4) is 34.5 Å². The molecule has 0 unspecified atom stereocenters. The number of carbonyl (C=O) groups is 6. The summed E-state index contributed by atoms with van der Waals surface area (Å²) >= 11 is 0. The molecule has 0 aromatic heterocycles. The van der Waals surface area contributed by atoms with Gasteiger partial charge in [0, 0.05) is 39.0 Å². The third-order valence-corrected chi connectivity index (χ3v) is 10.4. The SMILES string of the molecule is COc1cc(/C=C/C(=O)OC[C@@H]2O[C@](COC(=O)/C=C/c3ccc(O)c(OC)c3)(O[C@H]3O[C@@H](COC(C)=O)[C@@H](OC(C)=O)[C@H](O)[C@H]3OC(C)=O)[C@@H](OC(=O)/C=C/c3ccc(O)c(OC)c3)[C@H]2O)ccc1O. The van der Waals surface area contributed by atoms with E-state index in [0.717, 1.165) is 39.0 Å². The normalized spacial score (nSPS) is 24.0. The predicted molar refractivity (Wildman–Crippen MR) is 240 cm³/mol. The van der Waals surface area contributed by atoms with Crippen molar-refractivity contribution in [3.63, 3.8) is 0 Å². The Labute approximate surface area is 405 Å². The Morgan fingerprint density at radius 3 is 1.48 bits per heavy atom. The average Bonchev–Trinajstić information content (AvgIpc) is 3.58. The van der Waals surface area contributed by atoms with Gasteiger partial charge in [-0.05, 0) is 71.3 Å². The number of hydrogen-bond donors (Lipinski definition) is 5. The van der Waals surface area contributed by atoms with Crippen LogP contribution < -0.4 is 14.2 Å². The Morgan fingerprint density at radius 1 is 0.563 bits per heavy atom. The maximum absolute atomic E-state index is 13.7. The molecule has 71 heavy (non-hydrogen) atoms. The van der Waals surface area contributed by atoms with Crippen molar-refractivity contribution >= 4 is 54.0 Å². The van der Waals surface area contributed by atoms with Gasteiger partial charge in [0.15, 0.2) is 52.8 Å². The van der Waals surface area contributed by atoms with Crippen LogP contribution in [0.15, 0.2) is 72.8 Å². The second kappa shape index (κ2) is 24.7. The minimum absolute atomic E-state index is 0.0583. The van der Waals surface area contributed by atoms with E-state index in [9.17, 15) is 54.3 Å². The fourth-order valence-corrected chi connectivity index (χ4v) is 7.04. The zero-order valence-electron chi connectivity index (χ0n) is 39.0. The number of phenols is 3. The van der Waals surface area contributed by atoms with Gasteiger partial charge < -0.3 is 82.4 Å². The fraction of sp³-hybridized carbons (Fsp3) is 0.375. The van der Waals surface area contributed by atoms with Gasteiger partial charge in [-0.3, -0.25) is 14.4 Å². The Morgan fingerprint density at radius 2 is 1.01 bits per heavy atom. The first-order valence-electron chi connectivity index (χ1n) is 21.3. The summed E-state index contributed by atoms with van der Waals surface area (Å²) in [4.78, 5) is 77.0. The first kappa shape index (κ1) is 54.2. The number of benzene rings is 3. The maximum Gasteiger partial charge on any atom is 0.331 e. The predicted octanol–water partition coefficient (Wildman–Crippen LogP) is 2.25. The minimum Gasteiger partial charge on any atom is -0.504 e. The molecule has 2 fully saturated rings. The Balaban J connectivity index is 1.56. The molecule has 3 aromatic rings. The highest BCUT2D eigenvalue weighted by Crippen LogP contribution is 2.40. The molecule has 0 amide bonds. The zero-order chi connectivity index (χ0) is 52.0. The van der Waals surface area contributed by atoms with Crippen LogP contribution in [-0.2, 0) is 71.4 Å². The van der Waals surface area contributed by atoms with E-state index in [1.807, 2.05) is 0 Å². The standard InChI is InChI=1S/C48H52O23/c1-25(49)63-23-38-44(66-26(2)50)43(59)45(67-27(3)51)47(68-38)71-48(24-65-40(56)17-11-29-8-14-32(53)35(20-29)61-5)46(69-41(57)18-12-30-9-15-33(54)36(21-30)62-6)42(58)37(70-48)22-64-39(55)16-10-28-7-13-31(52)34(19-28)60-4/h7-21,37-38,42-47,52-54,58-59H,22-24H2,1-6H3/b16-10+,17-11+,18-12+/t37-,38-,42-,43-,44+,45+,46-,47+,48+/m0/s1. The third kappa shape index (κ3) is 14.7. The lowest BCUT2D eigenvalue weighted by Gasteiger charge is -2.45. The number of ether oxygens (including phenoxy) is 12. The van der Waals surface area contributed by atoms with Gasteiger partial charge in [0.25, 0.3) is 0 Å². The highest BCUT2D eigenvalue weighted by Gasteiger charge is 2.63. The lowest BCUT2D eigenvalue weighted by Crippen LogP contribution is -2.65. The van der Waals surface area contributed by atoms with Crippen molar-refractivity contribution in [1.82, 2.24) is 0 Å². The molecule has 23 heteroatoms. The molecular weight excluding hydrogens is 945 g/mol. The van der Waals surface area contributed by atoms with Crippen LogP contribution in [0.1, 0.15) is 37.5 Å². The number of rotatable bonds is 20. The number of aliphatic hydroxyl groups is 2. The van der Waals surface area contributed by atoms with E-state index in [1.54, 1.807) is 0 Å². The number of methoxy groups -OCH3 is 3. The number of phenolic OH excluding ortho intramolecular Hbond substituents is 3. The van der Waals surface area contributed by atoms with E-state index in [0.29, 0.717) is 16.7 Å². The number of aliphatic hydroxyl groups excluding tert-OH is 2. The fourth-order valence-electron chi connectivity index (χ4n) is 7.04. The van der Waals surface area contributed by atoms with Crippen LogP contribution in [0.4, 0.5) is 0 Å². The van der Waals surface area contributed by atoms with Gasteiger partial charge in [-0.25, -0.2) is 14.4 Å². The van der Waals surface area contributed by atoms with Crippen LogP contribution in [0.2, 0.25) is 0 Å². The topological polar surface area (TPSA) is 314 Å². The molecule has 382 valence electrons. The van der Waals surface area contributed by atoms with Crippen LogP contribution in [0.5, 0.6) is 34.5 Å². The third-order valence-electron chi connectivity index (χ3n) is 10.4. The molecule has 9 atom stereocenters. The van der Waals surface area contributed by atoms with Gasteiger partial charge in [0.05, 0.1) is 21.3 Å². The lowest BCUT2D eigenvalue weighted by molar-refractivity contribution is -0.384. The highest BCUT2D eigenvalue weighted by molar-refractivity contribution is 5.88. The van der Waals surface area contributed by atoms with Gasteiger partial charge in [0.2, 0.25) is 12.1 Å². The van der Waals surface area contributed by atoms with Crippen LogP contribution >= 0.6 is 0 Å². The Kier molecular flexibility index (Phi) is 18.9. The molecule has 2 saturated heterocycles. The first-order valence-corrected chi connectivity index (χ1v) is 21.3. The molecule has 0 spiro atoms. The number of hydrogen-bond acceptors (Lipinski definition) is 23. The van der Waals surface area contributed by atoms with Gasteiger partial charge in [-0.15, -0.1) is 0 Å². The molecule has 3 aromatic carbocycles. The lowest BCUT2D eigenvalue weighted by atomic mass is 9.98. The summed E-state index contributed by atoms with van der Waals surface area (Å²) in [5.74, 6) is -9.16. The van der Waals surface area contributed by atoms with Crippen molar-refractivity contribution in [2.45, 2.75) is 75.6 Å². The first-order chi connectivity index (χ1) is 33.8. The van der Waals surface area contributed by atoms with E-state index in [4.69, 9.17) is 56.8 Å². The number of carbonyl (C=O) groups excluding carboxylic acids is 6. The molecule has 0 radical (unpaired) electrons. The largest absolute Gasteiger partial charge is 0.504 e. The molecule has 0 aliphatic carbocycles. The van der Waals surface area contributed by atoms with Crippen LogP contribution in [0, 0.1) is 0 Å². The monoisotopic (exact) mass is 996 g/mol. The van der Waals surface area contributed by atoms with E-state index in [2.05, 4.69) is 0 Å². The van der Waals surface area contributed by atoms with Crippen molar-refractivity contribution in [2.24, 2.45) is 0 Å². The van der Waals surface area contributed by atoms with Crippen LogP contribution in [0.25, 0.3) is 18.2 Å². The van der Waals surface area contributed by atoms with Crippen molar-refractivity contribution in [2.75, 3.05) is 41.2 Å². The molecular formula is C48H52O23.